The van der Waals surface area contributed by atoms with Gasteiger partial charge in [-0.05, 0) is 40.9 Å². The number of aromatic nitrogens is 3. The van der Waals surface area contributed by atoms with Crippen LogP contribution in [-0.4, -0.2) is 28.5 Å². The van der Waals surface area contributed by atoms with Crippen molar-refractivity contribution in [2.75, 3.05) is 10.6 Å². The van der Waals surface area contributed by atoms with Crippen LogP contribution in [0.2, 0.25) is 10.0 Å². The summed E-state index contributed by atoms with van der Waals surface area (Å²) in [6, 6.07) is 19.2. The van der Waals surface area contributed by atoms with Crippen molar-refractivity contribution in [3.8, 4) is 11.3 Å². The normalized spacial score (nSPS) is 11.4. The smallest absolute Gasteiger partial charge is 0.366 e. The van der Waals surface area contributed by atoms with Crippen molar-refractivity contribution in [3.63, 3.8) is 0 Å². The summed E-state index contributed by atoms with van der Waals surface area (Å²) < 4.78 is 41.6. The zero-order valence-corrected chi connectivity index (χ0v) is 23.1. The molecule has 41 heavy (non-hydrogen) atoms. The monoisotopic (exact) mass is 596 g/mol. The second-order valence-electron chi connectivity index (χ2n) is 9.23. The number of hydrogen-bond donors (Lipinski definition) is 3. The second-order valence-corrected chi connectivity index (χ2v) is 10.1. The first-order chi connectivity index (χ1) is 19.6. The third-order valence-corrected chi connectivity index (χ3v) is 6.85. The predicted molar refractivity (Wildman–Crippen MR) is 158 cm³/mol. The Balaban J connectivity index is 1.23. The van der Waals surface area contributed by atoms with Crippen molar-refractivity contribution in [1.82, 2.24) is 19.9 Å². The Labute approximate surface area is 244 Å². The fourth-order valence-electron chi connectivity index (χ4n) is 4.18. The molecule has 0 aliphatic heterocycles. The van der Waals surface area contributed by atoms with E-state index in [1.807, 2.05) is 62.4 Å². The van der Waals surface area contributed by atoms with Crippen LogP contribution < -0.4 is 21.4 Å². The van der Waals surface area contributed by atoms with Crippen molar-refractivity contribution in [2.24, 2.45) is 0 Å². The topological polar surface area (TPSA) is 83.3 Å². The minimum atomic E-state index is -4.66. The largest absolute Gasteiger partial charge is 0.418 e. The fraction of sp³-hybridized carbons (Fsp3) is 0.107. The van der Waals surface area contributed by atoms with Crippen LogP contribution in [0.1, 0.15) is 16.7 Å². The van der Waals surface area contributed by atoms with Crippen LogP contribution in [0.4, 0.5) is 29.5 Å². The summed E-state index contributed by atoms with van der Waals surface area (Å²) in [5.41, 5.74) is 3.50. The van der Waals surface area contributed by atoms with E-state index >= 15 is 0 Å². The van der Waals surface area contributed by atoms with E-state index in [0.29, 0.717) is 17.2 Å². The van der Waals surface area contributed by atoms with Crippen LogP contribution in [-0.2, 0) is 19.3 Å². The van der Waals surface area contributed by atoms with Gasteiger partial charge < -0.3 is 16.0 Å². The van der Waals surface area contributed by atoms with Gasteiger partial charge in [-0.1, -0.05) is 65.7 Å². The van der Waals surface area contributed by atoms with E-state index < -0.39 is 17.8 Å². The number of alkyl halides is 3. The van der Waals surface area contributed by atoms with Gasteiger partial charge in [0.25, 0.3) is 0 Å². The fourth-order valence-corrected chi connectivity index (χ4v) is 4.59. The van der Waals surface area contributed by atoms with E-state index in [9.17, 15) is 18.0 Å². The molecule has 0 aliphatic carbocycles. The molecule has 0 atom stereocenters. The molecule has 0 saturated heterocycles. The summed E-state index contributed by atoms with van der Waals surface area (Å²) in [5.74, 6) is 0.737. The van der Waals surface area contributed by atoms with E-state index in [-0.39, 0.29) is 17.3 Å². The molecule has 0 radical (unpaired) electrons. The van der Waals surface area contributed by atoms with Gasteiger partial charge in [-0.2, -0.15) is 22.8 Å². The lowest BCUT2D eigenvalue weighted by Crippen LogP contribution is -2.29. The Morgan fingerprint density at radius 1 is 0.951 bits per heavy atom. The quantitative estimate of drug-likeness (QED) is 0.204. The number of carbonyl (C=O) groups is 1. The van der Waals surface area contributed by atoms with Crippen LogP contribution in [0.25, 0.3) is 16.9 Å². The van der Waals surface area contributed by atoms with Gasteiger partial charge in [-0.25, -0.2) is 9.78 Å². The Morgan fingerprint density at radius 3 is 2.37 bits per heavy atom. The van der Waals surface area contributed by atoms with Crippen LogP contribution in [0.15, 0.2) is 79.0 Å². The molecule has 0 fully saturated rings. The molecule has 208 valence electrons. The van der Waals surface area contributed by atoms with Gasteiger partial charge >= 0.3 is 12.2 Å². The lowest BCUT2D eigenvalue weighted by molar-refractivity contribution is -0.136. The Hall–Kier alpha value is -4.22. The molecule has 3 aromatic carbocycles. The average Bonchev–Trinajstić information content (AvgIpc) is 3.32. The zero-order chi connectivity index (χ0) is 29.1. The molecule has 0 bridgehead atoms. The van der Waals surface area contributed by atoms with Crippen LogP contribution in [0, 0.1) is 0 Å². The molecule has 3 N–H and O–H groups in total. The number of nitrogens with zero attached hydrogens (tertiary/aromatic N) is 3. The van der Waals surface area contributed by atoms with Crippen LogP contribution in [0.3, 0.4) is 0 Å². The second kappa shape index (κ2) is 11.7. The summed E-state index contributed by atoms with van der Waals surface area (Å²) in [5, 5.41) is 13.2. The first kappa shape index (κ1) is 28.3. The van der Waals surface area contributed by atoms with Crippen molar-refractivity contribution in [1.29, 1.82) is 0 Å². The predicted octanol–water partition coefficient (Wildman–Crippen LogP) is 5.91. The highest BCUT2D eigenvalue weighted by atomic mass is 35.5. The molecule has 0 saturated carbocycles. The minimum Gasteiger partial charge on any atom is -0.366 e. The minimum absolute atomic E-state index is 0.0769. The first-order valence-corrected chi connectivity index (χ1v) is 13.2. The number of nitrogens with one attached hydrogen (secondary N) is 3. The van der Waals surface area contributed by atoms with Gasteiger partial charge in [-0.15, -0.1) is 0 Å². The Bertz CT molecular complexity index is 1730. The number of anilines is 2. The standard InChI is InChI=1S/C28H22BCl2F3N6O/c29-21-15-37-40-25(12-24(38-26(21)40)19-3-1-2-4-22(19)31)35-13-16-5-7-17(8-6-16)14-36-27(41)39-23-10-9-18(30)11-20(23)28(32,33)34/h1-12,15,35H,13-14,29H2,(H2,36,39,41). The van der Waals surface area contributed by atoms with Crippen LogP contribution >= 0.6 is 23.2 Å². The molecule has 7 nitrogen and oxygen atoms in total. The number of fused-ring (bicyclic) bond motifs is 1. The molecule has 0 aliphatic rings. The van der Waals surface area contributed by atoms with Gasteiger partial charge in [0.1, 0.15) is 13.7 Å². The van der Waals surface area contributed by atoms with Gasteiger partial charge in [0.15, 0.2) is 5.65 Å². The Morgan fingerprint density at radius 2 is 1.66 bits per heavy atom. The maximum Gasteiger partial charge on any atom is 0.418 e. The lowest BCUT2D eigenvalue weighted by atomic mass is 10.0. The SMILES string of the molecule is Bc1cnn2c(NCc3ccc(CNC(=O)Nc4ccc(Cl)cc4C(F)(F)F)cc3)cc(-c3ccccc3Cl)nc12. The number of urea groups is 1. The zero-order valence-electron chi connectivity index (χ0n) is 21.6. The maximum atomic E-state index is 13.3. The van der Waals surface area contributed by atoms with E-state index in [2.05, 4.69) is 21.0 Å². The van der Waals surface area contributed by atoms with E-state index in [4.69, 9.17) is 28.2 Å². The summed E-state index contributed by atoms with van der Waals surface area (Å²) >= 11 is 12.1. The molecular weight excluding hydrogens is 575 g/mol. The first-order valence-electron chi connectivity index (χ1n) is 12.4. The number of halogens is 5. The van der Waals surface area contributed by atoms with Crippen molar-refractivity contribution < 1.29 is 18.0 Å². The molecule has 2 heterocycles. The highest BCUT2D eigenvalue weighted by Crippen LogP contribution is 2.36. The molecule has 0 unspecified atom stereocenters. The number of carbonyl (C=O) groups excluding carboxylic acids is 1. The molecule has 2 amide bonds. The van der Waals surface area contributed by atoms with Gasteiger partial charge in [0.05, 0.1) is 16.9 Å². The molecule has 13 heteroatoms. The van der Waals surface area contributed by atoms with Crippen molar-refractivity contribution in [2.45, 2.75) is 19.3 Å². The number of benzene rings is 3. The Kier molecular flexibility index (Phi) is 8.09. The number of rotatable bonds is 7. The highest BCUT2D eigenvalue weighted by molar-refractivity contribution is 6.36. The van der Waals surface area contributed by atoms with Gasteiger partial charge in [0, 0.05) is 41.0 Å². The van der Waals surface area contributed by atoms with Crippen LogP contribution in [0.5, 0.6) is 0 Å². The van der Waals surface area contributed by atoms with Crippen molar-refractivity contribution in [3.05, 3.63) is 106 Å². The molecule has 5 rings (SSSR count). The average molecular weight is 597 g/mol. The summed E-state index contributed by atoms with van der Waals surface area (Å²) in [6.45, 7) is 0.595. The maximum absolute atomic E-state index is 13.3. The van der Waals surface area contributed by atoms with Crippen molar-refractivity contribution >= 4 is 59.7 Å². The third kappa shape index (κ3) is 6.58. The summed E-state index contributed by atoms with van der Waals surface area (Å²) in [6.07, 6.45) is -2.91. The number of hydrogen-bond acceptors (Lipinski definition) is 4. The summed E-state index contributed by atoms with van der Waals surface area (Å²) in [4.78, 5) is 17.0. The lowest BCUT2D eigenvalue weighted by Gasteiger charge is -2.15. The van der Waals surface area contributed by atoms with Gasteiger partial charge in [0.2, 0.25) is 0 Å². The molecule has 0 spiro atoms. The number of amides is 2. The molecule has 5 aromatic rings. The molecular formula is C28H22BCl2F3N6O. The van der Waals surface area contributed by atoms with Gasteiger partial charge in [-0.3, -0.25) is 0 Å². The highest BCUT2D eigenvalue weighted by Gasteiger charge is 2.34. The molecule has 2 aromatic heterocycles. The van der Waals surface area contributed by atoms with E-state index in [1.165, 1.54) is 6.07 Å². The third-order valence-electron chi connectivity index (χ3n) is 6.28. The van der Waals surface area contributed by atoms with E-state index in [1.54, 1.807) is 10.7 Å². The van der Waals surface area contributed by atoms with E-state index in [0.717, 1.165) is 45.8 Å². The summed E-state index contributed by atoms with van der Waals surface area (Å²) in [7, 11) is 1.94.